The molecule has 0 rings (SSSR count). The summed E-state index contributed by atoms with van der Waals surface area (Å²) in [5.41, 5.74) is 5.26. The minimum atomic E-state index is 0.0170. The van der Waals surface area contributed by atoms with Gasteiger partial charge in [-0.15, -0.1) is 0 Å². The van der Waals surface area contributed by atoms with E-state index in [0.717, 1.165) is 0 Å². The third-order valence-corrected chi connectivity index (χ3v) is 2.29. The van der Waals surface area contributed by atoms with Crippen LogP contribution in [0, 0.1) is 11.3 Å². The van der Waals surface area contributed by atoms with E-state index in [-0.39, 0.29) is 23.7 Å². The molecule has 1 unspecified atom stereocenters. The maximum atomic E-state index is 11.5. The van der Waals surface area contributed by atoms with Crippen LogP contribution in [0.2, 0.25) is 0 Å². The Labute approximate surface area is 80.6 Å². The quantitative estimate of drug-likeness (QED) is 0.658. The fourth-order valence-corrected chi connectivity index (χ4v) is 0.864. The molecule has 3 nitrogen and oxygen atoms in total. The molecule has 0 aromatic rings. The number of nitrogens with two attached hydrogens (primary N) is 1. The van der Waals surface area contributed by atoms with Gasteiger partial charge in [-0.05, 0) is 5.41 Å². The molecule has 0 aliphatic rings. The summed E-state index contributed by atoms with van der Waals surface area (Å²) in [5.74, 6) is 0.186. The van der Waals surface area contributed by atoms with Crippen molar-refractivity contribution in [2.45, 2.75) is 27.7 Å². The van der Waals surface area contributed by atoms with E-state index in [1.54, 1.807) is 0 Å². The molecule has 0 heterocycles. The number of hydrogen-bond donors (Lipinski definition) is 1. The first-order chi connectivity index (χ1) is 5.89. The molecule has 0 aromatic carbocycles. The molecule has 0 saturated heterocycles. The summed E-state index contributed by atoms with van der Waals surface area (Å²) in [6.45, 7) is 9.22. The summed E-state index contributed by atoms with van der Waals surface area (Å²) in [6, 6.07) is 0. The van der Waals surface area contributed by atoms with Crippen molar-refractivity contribution in [3.8, 4) is 0 Å². The lowest BCUT2D eigenvalue weighted by Gasteiger charge is -2.25. The van der Waals surface area contributed by atoms with E-state index >= 15 is 0 Å². The first-order valence-corrected chi connectivity index (χ1v) is 4.70. The predicted octanol–water partition coefficient (Wildman–Crippen LogP) is 1.21. The van der Waals surface area contributed by atoms with Crippen molar-refractivity contribution in [2.24, 2.45) is 17.1 Å². The van der Waals surface area contributed by atoms with Gasteiger partial charge < -0.3 is 10.5 Å². The van der Waals surface area contributed by atoms with Crippen LogP contribution in [0.15, 0.2) is 0 Å². The van der Waals surface area contributed by atoms with Gasteiger partial charge >= 0.3 is 0 Å². The van der Waals surface area contributed by atoms with Crippen molar-refractivity contribution in [2.75, 3.05) is 19.8 Å². The number of ketones is 1. The molecule has 1 atom stereocenters. The van der Waals surface area contributed by atoms with Crippen LogP contribution < -0.4 is 5.73 Å². The van der Waals surface area contributed by atoms with Gasteiger partial charge in [0.2, 0.25) is 0 Å². The third-order valence-electron chi connectivity index (χ3n) is 2.29. The van der Waals surface area contributed by atoms with Crippen molar-refractivity contribution in [1.82, 2.24) is 0 Å². The van der Waals surface area contributed by atoms with Gasteiger partial charge in [-0.25, -0.2) is 0 Å². The Morgan fingerprint density at radius 3 is 2.38 bits per heavy atom. The average molecular weight is 187 g/mol. The van der Waals surface area contributed by atoms with E-state index < -0.39 is 0 Å². The maximum absolute atomic E-state index is 11.5. The maximum Gasteiger partial charge on any atom is 0.161 e. The molecular formula is C10H21NO2. The number of carbonyl (C=O) groups is 1. The SMILES string of the molecule is CC(C(=O)COCCN)C(C)(C)C. The minimum absolute atomic E-state index is 0.0170. The Bertz CT molecular complexity index is 161. The normalized spacial score (nSPS) is 14.2. The highest BCUT2D eigenvalue weighted by Gasteiger charge is 2.26. The lowest BCUT2D eigenvalue weighted by molar-refractivity contribution is -0.129. The van der Waals surface area contributed by atoms with Gasteiger partial charge in [-0.3, -0.25) is 4.79 Å². The summed E-state index contributed by atoms with van der Waals surface area (Å²) in [5, 5.41) is 0. The van der Waals surface area contributed by atoms with Crippen molar-refractivity contribution < 1.29 is 9.53 Å². The van der Waals surface area contributed by atoms with Crippen LogP contribution in [-0.4, -0.2) is 25.5 Å². The highest BCUT2D eigenvalue weighted by atomic mass is 16.5. The second kappa shape index (κ2) is 5.35. The van der Waals surface area contributed by atoms with Gasteiger partial charge in [-0.1, -0.05) is 27.7 Å². The summed E-state index contributed by atoms with van der Waals surface area (Å²) >= 11 is 0. The lowest BCUT2D eigenvalue weighted by atomic mass is 9.80. The van der Waals surface area contributed by atoms with E-state index in [1.807, 2.05) is 6.92 Å². The van der Waals surface area contributed by atoms with Crippen LogP contribution in [0.3, 0.4) is 0 Å². The second-order valence-corrected chi connectivity index (χ2v) is 4.40. The van der Waals surface area contributed by atoms with Crippen molar-refractivity contribution in [3.63, 3.8) is 0 Å². The monoisotopic (exact) mass is 187 g/mol. The minimum Gasteiger partial charge on any atom is -0.372 e. The zero-order valence-corrected chi connectivity index (χ0v) is 9.09. The number of rotatable bonds is 5. The molecule has 0 aliphatic carbocycles. The zero-order valence-electron chi connectivity index (χ0n) is 9.09. The second-order valence-electron chi connectivity index (χ2n) is 4.40. The fraction of sp³-hybridized carbons (Fsp3) is 0.900. The lowest BCUT2D eigenvalue weighted by Crippen LogP contribution is -2.29. The Kier molecular flexibility index (Phi) is 5.18. The van der Waals surface area contributed by atoms with Gasteiger partial charge in [0.1, 0.15) is 6.61 Å². The molecule has 0 fully saturated rings. The van der Waals surface area contributed by atoms with E-state index in [0.29, 0.717) is 13.2 Å². The number of carbonyl (C=O) groups excluding carboxylic acids is 1. The van der Waals surface area contributed by atoms with Crippen molar-refractivity contribution >= 4 is 5.78 Å². The summed E-state index contributed by atoms with van der Waals surface area (Å²) in [7, 11) is 0. The standard InChI is InChI=1S/C10H21NO2/c1-8(10(2,3)4)9(12)7-13-6-5-11/h8H,5-7,11H2,1-4H3. The van der Waals surface area contributed by atoms with E-state index in [4.69, 9.17) is 10.5 Å². The molecular weight excluding hydrogens is 166 g/mol. The van der Waals surface area contributed by atoms with Crippen molar-refractivity contribution in [3.05, 3.63) is 0 Å². The average Bonchev–Trinajstić information content (AvgIpc) is 2.01. The molecule has 78 valence electrons. The van der Waals surface area contributed by atoms with Gasteiger partial charge in [0, 0.05) is 12.5 Å². The highest BCUT2D eigenvalue weighted by molar-refractivity contribution is 5.82. The molecule has 3 heteroatoms. The number of ether oxygens (including phenoxy) is 1. The first kappa shape index (κ1) is 12.6. The Morgan fingerprint density at radius 2 is 2.00 bits per heavy atom. The predicted molar refractivity (Wildman–Crippen MR) is 53.5 cm³/mol. The first-order valence-electron chi connectivity index (χ1n) is 4.70. The molecule has 0 spiro atoms. The summed E-state index contributed by atoms with van der Waals surface area (Å²) in [4.78, 5) is 11.5. The molecule has 0 radical (unpaired) electrons. The van der Waals surface area contributed by atoms with E-state index in [9.17, 15) is 4.79 Å². The van der Waals surface area contributed by atoms with Crippen LogP contribution >= 0.6 is 0 Å². The molecule has 0 bridgehead atoms. The van der Waals surface area contributed by atoms with Crippen molar-refractivity contribution in [1.29, 1.82) is 0 Å². The summed E-state index contributed by atoms with van der Waals surface area (Å²) < 4.78 is 5.09. The molecule has 0 amide bonds. The highest BCUT2D eigenvalue weighted by Crippen LogP contribution is 2.25. The summed E-state index contributed by atoms with van der Waals surface area (Å²) in [6.07, 6.45) is 0. The van der Waals surface area contributed by atoms with Crippen LogP contribution in [0.5, 0.6) is 0 Å². The van der Waals surface area contributed by atoms with Crippen LogP contribution in [-0.2, 0) is 9.53 Å². The molecule has 0 aliphatic heterocycles. The number of Topliss-reactive ketones (excluding diaryl/α,β-unsaturated/α-hetero) is 1. The Hall–Kier alpha value is -0.410. The molecule has 0 saturated carbocycles. The molecule has 0 aromatic heterocycles. The Balaban J connectivity index is 3.84. The van der Waals surface area contributed by atoms with E-state index in [1.165, 1.54) is 0 Å². The van der Waals surface area contributed by atoms with Gasteiger partial charge in [0.25, 0.3) is 0 Å². The van der Waals surface area contributed by atoms with Gasteiger partial charge in [-0.2, -0.15) is 0 Å². The topological polar surface area (TPSA) is 52.3 Å². The number of hydrogen-bond acceptors (Lipinski definition) is 3. The zero-order chi connectivity index (χ0) is 10.5. The van der Waals surface area contributed by atoms with Crippen LogP contribution in [0.25, 0.3) is 0 Å². The fourth-order valence-electron chi connectivity index (χ4n) is 0.864. The van der Waals surface area contributed by atoms with Crippen LogP contribution in [0.1, 0.15) is 27.7 Å². The van der Waals surface area contributed by atoms with E-state index in [2.05, 4.69) is 20.8 Å². The molecule has 2 N–H and O–H groups in total. The largest absolute Gasteiger partial charge is 0.372 e. The van der Waals surface area contributed by atoms with Gasteiger partial charge in [0.05, 0.1) is 6.61 Å². The van der Waals surface area contributed by atoms with Crippen LogP contribution in [0.4, 0.5) is 0 Å². The Morgan fingerprint density at radius 1 is 1.46 bits per heavy atom. The third kappa shape index (κ3) is 5.01. The molecule has 13 heavy (non-hydrogen) atoms. The smallest absolute Gasteiger partial charge is 0.161 e. The van der Waals surface area contributed by atoms with Gasteiger partial charge in [0.15, 0.2) is 5.78 Å².